The molecule has 7 nitrogen and oxygen atoms in total. The number of hydrogen-bond acceptors (Lipinski definition) is 6. The van der Waals surface area contributed by atoms with Crippen molar-refractivity contribution < 1.29 is 27.0 Å². The summed E-state index contributed by atoms with van der Waals surface area (Å²) in [6.07, 6.45) is -0.180. The van der Waals surface area contributed by atoms with Gasteiger partial charge in [-0.2, -0.15) is 8.42 Å². The Balaban J connectivity index is 2.82. The molecule has 0 aromatic heterocycles. The Hall–Kier alpha value is -1.93. The Morgan fingerprint density at radius 2 is 1.70 bits per heavy atom. The van der Waals surface area contributed by atoms with E-state index in [0.717, 1.165) is 11.8 Å². The van der Waals surface area contributed by atoms with Gasteiger partial charge >= 0.3 is 6.09 Å². The van der Waals surface area contributed by atoms with Crippen LogP contribution in [0.25, 0.3) is 0 Å². The van der Waals surface area contributed by atoms with E-state index in [4.69, 9.17) is 4.74 Å². The molecule has 0 saturated carbocycles. The average molecular weight is 343 g/mol. The summed E-state index contributed by atoms with van der Waals surface area (Å²) >= 11 is 0. The highest BCUT2D eigenvalue weighted by molar-refractivity contribution is 7.85. The number of nitrogens with zero attached hydrogens (tertiary/aromatic N) is 1. The van der Waals surface area contributed by atoms with Gasteiger partial charge in [0.15, 0.2) is 0 Å². The van der Waals surface area contributed by atoms with E-state index >= 15 is 0 Å². The molecule has 128 valence electrons. The Bertz CT molecular complexity index is 648. The number of amides is 2. The summed E-state index contributed by atoms with van der Waals surface area (Å²) in [4.78, 5) is 24.1. The zero-order valence-electron chi connectivity index (χ0n) is 13.6. The standard InChI is InChI=1S/C15H21NO6S/c1-15(2,3)21-14(18)16(22-23(4,19)20)13(17)11-10-12-8-6-5-7-9-12/h5-9H,10-11H2,1-4H3. The number of benzene rings is 1. The van der Waals surface area contributed by atoms with Gasteiger partial charge in [-0.25, -0.2) is 4.79 Å². The van der Waals surface area contributed by atoms with Crippen LogP contribution in [0.2, 0.25) is 0 Å². The van der Waals surface area contributed by atoms with Crippen molar-refractivity contribution in [2.24, 2.45) is 0 Å². The molecular formula is C15H21NO6S. The highest BCUT2D eigenvalue weighted by Gasteiger charge is 2.31. The van der Waals surface area contributed by atoms with Crippen LogP contribution in [0.5, 0.6) is 0 Å². The molecule has 0 fully saturated rings. The van der Waals surface area contributed by atoms with Gasteiger partial charge in [-0.3, -0.25) is 4.79 Å². The first-order chi connectivity index (χ1) is 10.5. The number of carbonyl (C=O) groups is 2. The molecule has 0 unspecified atom stereocenters. The second kappa shape index (κ2) is 7.56. The average Bonchev–Trinajstić information content (AvgIpc) is 2.40. The Labute approximate surface area is 136 Å². The molecule has 0 bridgehead atoms. The lowest BCUT2D eigenvalue weighted by Gasteiger charge is -2.24. The molecule has 0 aliphatic carbocycles. The predicted octanol–water partition coefficient (Wildman–Crippen LogP) is 2.27. The number of carbonyl (C=O) groups excluding carboxylic acids is 2. The minimum absolute atomic E-state index is 0.0984. The van der Waals surface area contributed by atoms with Gasteiger partial charge in [0.05, 0.1) is 6.26 Å². The van der Waals surface area contributed by atoms with Crippen molar-refractivity contribution >= 4 is 22.1 Å². The van der Waals surface area contributed by atoms with Crippen molar-refractivity contribution in [3.05, 3.63) is 35.9 Å². The quantitative estimate of drug-likeness (QED) is 0.762. The number of aryl methyl sites for hydroxylation is 1. The van der Waals surface area contributed by atoms with Gasteiger partial charge < -0.3 is 4.74 Å². The normalized spacial score (nSPS) is 11.8. The van der Waals surface area contributed by atoms with Crippen LogP contribution in [0.3, 0.4) is 0 Å². The van der Waals surface area contributed by atoms with Crippen LogP contribution in [-0.2, 0) is 30.4 Å². The van der Waals surface area contributed by atoms with Crippen molar-refractivity contribution in [2.75, 3.05) is 6.26 Å². The van der Waals surface area contributed by atoms with Gasteiger partial charge in [0.1, 0.15) is 5.60 Å². The van der Waals surface area contributed by atoms with Crippen molar-refractivity contribution in [2.45, 2.75) is 39.2 Å². The highest BCUT2D eigenvalue weighted by Crippen LogP contribution is 2.13. The van der Waals surface area contributed by atoms with Gasteiger partial charge in [0.2, 0.25) is 0 Å². The van der Waals surface area contributed by atoms with Gasteiger partial charge in [-0.15, -0.1) is 4.28 Å². The van der Waals surface area contributed by atoms with Crippen molar-refractivity contribution in [1.29, 1.82) is 0 Å². The summed E-state index contributed by atoms with van der Waals surface area (Å²) in [5.41, 5.74) is -0.0139. The second-order valence-electron chi connectivity index (χ2n) is 5.93. The van der Waals surface area contributed by atoms with E-state index in [9.17, 15) is 18.0 Å². The number of hydroxylamine groups is 2. The smallest absolute Gasteiger partial charge is 0.442 e. The third-order valence-electron chi connectivity index (χ3n) is 2.47. The molecule has 8 heteroatoms. The van der Waals surface area contributed by atoms with Crippen molar-refractivity contribution in [3.63, 3.8) is 0 Å². The van der Waals surface area contributed by atoms with Crippen LogP contribution >= 0.6 is 0 Å². The van der Waals surface area contributed by atoms with Crippen LogP contribution in [0.1, 0.15) is 32.8 Å². The lowest BCUT2D eigenvalue weighted by Crippen LogP contribution is -2.42. The van der Waals surface area contributed by atoms with E-state index in [1.807, 2.05) is 30.3 Å². The van der Waals surface area contributed by atoms with Gasteiger partial charge in [-0.1, -0.05) is 35.4 Å². The second-order valence-corrected chi connectivity index (χ2v) is 7.49. The molecule has 0 radical (unpaired) electrons. The summed E-state index contributed by atoms with van der Waals surface area (Å²) in [7, 11) is -4.05. The van der Waals surface area contributed by atoms with Crippen molar-refractivity contribution in [3.8, 4) is 0 Å². The zero-order valence-corrected chi connectivity index (χ0v) is 14.4. The molecule has 0 aliphatic rings. The molecule has 0 aliphatic heterocycles. The Morgan fingerprint density at radius 1 is 1.13 bits per heavy atom. The largest absolute Gasteiger partial charge is 0.443 e. The Morgan fingerprint density at radius 3 is 2.17 bits per heavy atom. The summed E-state index contributed by atoms with van der Waals surface area (Å²) in [6.45, 7) is 4.79. The maximum absolute atomic E-state index is 12.2. The molecule has 1 rings (SSSR count). The zero-order chi connectivity index (χ0) is 17.7. The molecule has 2 amide bonds. The van der Waals surface area contributed by atoms with Crippen molar-refractivity contribution in [1.82, 2.24) is 5.06 Å². The number of hydrogen-bond donors (Lipinski definition) is 0. The summed E-state index contributed by atoms with van der Waals surface area (Å²) < 4.78 is 32.0. The van der Waals surface area contributed by atoms with Crippen LogP contribution in [0.15, 0.2) is 30.3 Å². The van der Waals surface area contributed by atoms with Crippen LogP contribution in [0.4, 0.5) is 4.79 Å². The number of ether oxygens (including phenoxy) is 1. The molecular weight excluding hydrogens is 322 g/mol. The third kappa shape index (κ3) is 7.75. The molecule has 0 saturated heterocycles. The monoisotopic (exact) mass is 343 g/mol. The molecule has 0 heterocycles. The first kappa shape index (κ1) is 19.1. The lowest BCUT2D eigenvalue weighted by atomic mass is 10.1. The van der Waals surface area contributed by atoms with E-state index in [0.29, 0.717) is 6.42 Å². The summed E-state index contributed by atoms with van der Waals surface area (Å²) in [5.74, 6) is -0.798. The fraction of sp³-hybridized carbons (Fsp3) is 0.467. The summed E-state index contributed by atoms with van der Waals surface area (Å²) in [6, 6.07) is 9.12. The predicted molar refractivity (Wildman–Crippen MR) is 83.8 cm³/mol. The molecule has 0 atom stereocenters. The van der Waals surface area contributed by atoms with E-state index in [-0.39, 0.29) is 11.5 Å². The fourth-order valence-corrected chi connectivity index (χ4v) is 2.02. The summed E-state index contributed by atoms with van der Waals surface area (Å²) in [5, 5.41) is 0.156. The number of rotatable bonds is 5. The molecule has 0 N–H and O–H groups in total. The molecule has 1 aromatic rings. The topological polar surface area (TPSA) is 90.0 Å². The maximum atomic E-state index is 12.2. The van der Waals surface area contributed by atoms with Crippen LogP contribution < -0.4 is 0 Å². The first-order valence-electron chi connectivity index (χ1n) is 6.97. The third-order valence-corrected chi connectivity index (χ3v) is 2.89. The van der Waals surface area contributed by atoms with Crippen LogP contribution in [-0.4, -0.2) is 37.3 Å². The first-order valence-corrected chi connectivity index (χ1v) is 8.79. The van der Waals surface area contributed by atoms with Crippen LogP contribution in [0, 0.1) is 0 Å². The SMILES string of the molecule is CC(C)(C)OC(=O)N(OS(C)(=O)=O)C(=O)CCc1ccccc1. The van der Waals surface area contributed by atoms with Gasteiger partial charge in [0, 0.05) is 6.42 Å². The minimum atomic E-state index is -4.05. The van der Waals surface area contributed by atoms with E-state index < -0.39 is 27.7 Å². The molecule has 1 aromatic carbocycles. The van der Waals surface area contributed by atoms with Gasteiger partial charge in [-0.05, 0) is 32.8 Å². The Kier molecular flexibility index (Phi) is 6.28. The highest BCUT2D eigenvalue weighted by atomic mass is 32.2. The molecule has 23 heavy (non-hydrogen) atoms. The van der Waals surface area contributed by atoms with E-state index in [1.165, 1.54) is 0 Å². The minimum Gasteiger partial charge on any atom is -0.442 e. The van der Waals surface area contributed by atoms with Gasteiger partial charge in [0.25, 0.3) is 16.0 Å². The number of imide groups is 1. The lowest BCUT2D eigenvalue weighted by molar-refractivity contribution is -0.152. The van der Waals surface area contributed by atoms with E-state index in [1.54, 1.807) is 20.8 Å². The fourth-order valence-electron chi connectivity index (χ4n) is 1.61. The molecule has 0 spiro atoms. The van der Waals surface area contributed by atoms with E-state index in [2.05, 4.69) is 4.28 Å². The maximum Gasteiger partial charge on any atom is 0.443 e.